The molecule has 4 nitrogen and oxygen atoms in total. The van der Waals surface area contributed by atoms with Crippen molar-refractivity contribution < 1.29 is 13.2 Å². The van der Waals surface area contributed by atoms with E-state index in [1.54, 1.807) is 55.6 Å². The first-order valence-corrected chi connectivity index (χ1v) is 7.26. The van der Waals surface area contributed by atoms with Crippen LogP contribution in [0.25, 0.3) is 0 Å². The van der Waals surface area contributed by atoms with Gasteiger partial charge in [-0.1, -0.05) is 30.3 Å². The molecule has 0 aliphatic carbocycles. The van der Waals surface area contributed by atoms with E-state index >= 15 is 0 Å². The van der Waals surface area contributed by atoms with Gasteiger partial charge in [0.25, 0.3) is 10.0 Å². The molecule has 2 aromatic carbocycles. The molecule has 0 aliphatic heterocycles. The molecule has 0 bridgehead atoms. The van der Waals surface area contributed by atoms with Crippen molar-refractivity contribution >= 4 is 15.7 Å². The summed E-state index contributed by atoms with van der Waals surface area (Å²) in [5.74, 6) is 0. The van der Waals surface area contributed by atoms with Crippen LogP contribution < -0.4 is 4.72 Å². The SMILES string of the molecule is COCc1cccc(NS(=O)(=O)c2ccccc2)c1. The summed E-state index contributed by atoms with van der Waals surface area (Å²) in [7, 11) is -1.94. The second kappa shape index (κ2) is 5.86. The maximum Gasteiger partial charge on any atom is 0.261 e. The third-order valence-corrected chi connectivity index (χ3v) is 3.94. The van der Waals surface area contributed by atoms with Crippen LogP contribution in [0.2, 0.25) is 0 Å². The molecule has 0 saturated heterocycles. The lowest BCUT2D eigenvalue weighted by molar-refractivity contribution is 0.185. The fourth-order valence-electron chi connectivity index (χ4n) is 1.70. The Morgan fingerprint density at radius 2 is 1.79 bits per heavy atom. The Labute approximate surface area is 113 Å². The van der Waals surface area contributed by atoms with Gasteiger partial charge in [-0.3, -0.25) is 4.72 Å². The van der Waals surface area contributed by atoms with Gasteiger partial charge in [-0.2, -0.15) is 0 Å². The zero-order valence-electron chi connectivity index (χ0n) is 10.5. The van der Waals surface area contributed by atoms with Crippen molar-refractivity contribution in [2.75, 3.05) is 11.8 Å². The molecule has 0 amide bonds. The first kappa shape index (κ1) is 13.6. The van der Waals surface area contributed by atoms with Crippen LogP contribution in [-0.2, 0) is 21.4 Å². The Morgan fingerprint density at radius 3 is 2.47 bits per heavy atom. The van der Waals surface area contributed by atoms with E-state index in [0.29, 0.717) is 12.3 Å². The van der Waals surface area contributed by atoms with Crippen molar-refractivity contribution in [2.24, 2.45) is 0 Å². The quantitative estimate of drug-likeness (QED) is 0.914. The Bertz CT molecular complexity index is 639. The number of anilines is 1. The predicted octanol–water partition coefficient (Wildman–Crippen LogP) is 2.63. The average molecular weight is 277 g/mol. The van der Waals surface area contributed by atoms with Crippen molar-refractivity contribution in [2.45, 2.75) is 11.5 Å². The van der Waals surface area contributed by atoms with E-state index in [-0.39, 0.29) is 4.90 Å². The van der Waals surface area contributed by atoms with Gasteiger partial charge in [0, 0.05) is 12.8 Å². The number of methoxy groups -OCH3 is 1. The molecule has 0 atom stereocenters. The smallest absolute Gasteiger partial charge is 0.261 e. The van der Waals surface area contributed by atoms with Gasteiger partial charge in [-0.25, -0.2) is 8.42 Å². The molecule has 2 rings (SSSR count). The summed E-state index contributed by atoms with van der Waals surface area (Å²) in [4.78, 5) is 0.243. The molecule has 0 aliphatic rings. The summed E-state index contributed by atoms with van der Waals surface area (Å²) < 4.78 is 31.8. The molecule has 0 radical (unpaired) electrons. The van der Waals surface area contributed by atoms with Crippen molar-refractivity contribution in [1.82, 2.24) is 0 Å². The van der Waals surface area contributed by atoms with Gasteiger partial charge in [-0.05, 0) is 29.8 Å². The summed E-state index contributed by atoms with van der Waals surface area (Å²) >= 11 is 0. The van der Waals surface area contributed by atoms with Crippen LogP contribution in [0.4, 0.5) is 5.69 Å². The number of hydrogen-bond acceptors (Lipinski definition) is 3. The van der Waals surface area contributed by atoms with E-state index in [2.05, 4.69) is 4.72 Å². The normalized spacial score (nSPS) is 11.2. The Balaban J connectivity index is 2.23. The molecule has 2 aromatic rings. The standard InChI is InChI=1S/C14H15NO3S/c1-18-11-12-6-5-7-13(10-12)15-19(16,17)14-8-3-2-4-9-14/h2-10,15H,11H2,1H3. The number of sulfonamides is 1. The number of nitrogens with one attached hydrogen (secondary N) is 1. The summed E-state index contributed by atoms with van der Waals surface area (Å²) in [5.41, 5.74) is 1.44. The van der Waals surface area contributed by atoms with Crippen molar-refractivity contribution in [3.05, 3.63) is 60.2 Å². The molecule has 0 fully saturated rings. The van der Waals surface area contributed by atoms with Gasteiger partial charge in [-0.15, -0.1) is 0 Å². The number of benzene rings is 2. The van der Waals surface area contributed by atoms with Gasteiger partial charge in [0.15, 0.2) is 0 Å². The Morgan fingerprint density at radius 1 is 1.05 bits per heavy atom. The monoisotopic (exact) mass is 277 g/mol. The van der Waals surface area contributed by atoms with Crippen LogP contribution >= 0.6 is 0 Å². The molecule has 5 heteroatoms. The van der Waals surface area contributed by atoms with Crippen LogP contribution in [0.1, 0.15) is 5.56 Å². The fourth-order valence-corrected chi connectivity index (χ4v) is 2.78. The maximum absolute atomic E-state index is 12.1. The molecular weight excluding hydrogens is 262 g/mol. The van der Waals surface area contributed by atoms with Gasteiger partial charge in [0.05, 0.1) is 11.5 Å². The summed E-state index contributed by atoms with van der Waals surface area (Å²) in [6.45, 7) is 0.445. The highest BCUT2D eigenvalue weighted by Crippen LogP contribution is 2.17. The zero-order chi connectivity index (χ0) is 13.7. The van der Waals surface area contributed by atoms with Crippen molar-refractivity contribution in [1.29, 1.82) is 0 Å². The van der Waals surface area contributed by atoms with E-state index < -0.39 is 10.0 Å². The van der Waals surface area contributed by atoms with Crippen LogP contribution in [0, 0.1) is 0 Å². The first-order chi connectivity index (χ1) is 9.12. The Kier molecular flexibility index (Phi) is 4.19. The molecule has 19 heavy (non-hydrogen) atoms. The van der Waals surface area contributed by atoms with Gasteiger partial charge in [0.2, 0.25) is 0 Å². The third kappa shape index (κ3) is 3.56. The number of ether oxygens (including phenoxy) is 1. The van der Waals surface area contributed by atoms with E-state index in [1.165, 1.54) is 0 Å². The minimum atomic E-state index is -3.54. The second-order valence-electron chi connectivity index (χ2n) is 4.05. The third-order valence-electron chi connectivity index (χ3n) is 2.54. The summed E-state index contributed by atoms with van der Waals surface area (Å²) in [6.07, 6.45) is 0. The minimum Gasteiger partial charge on any atom is -0.380 e. The highest BCUT2D eigenvalue weighted by Gasteiger charge is 2.13. The minimum absolute atomic E-state index is 0.243. The summed E-state index contributed by atoms with van der Waals surface area (Å²) in [5, 5.41) is 0. The fraction of sp³-hybridized carbons (Fsp3) is 0.143. The highest BCUT2D eigenvalue weighted by molar-refractivity contribution is 7.92. The maximum atomic E-state index is 12.1. The van der Waals surface area contributed by atoms with Crippen LogP contribution in [0.3, 0.4) is 0 Å². The van der Waals surface area contributed by atoms with E-state index in [0.717, 1.165) is 5.56 Å². The largest absolute Gasteiger partial charge is 0.380 e. The number of rotatable bonds is 5. The average Bonchev–Trinajstić information content (AvgIpc) is 2.40. The predicted molar refractivity (Wildman–Crippen MR) is 74.4 cm³/mol. The first-order valence-electron chi connectivity index (χ1n) is 5.77. The molecule has 1 N–H and O–H groups in total. The molecule has 0 aromatic heterocycles. The van der Waals surface area contributed by atoms with Gasteiger partial charge >= 0.3 is 0 Å². The number of hydrogen-bond donors (Lipinski definition) is 1. The topological polar surface area (TPSA) is 55.4 Å². The molecular formula is C14H15NO3S. The second-order valence-corrected chi connectivity index (χ2v) is 5.73. The zero-order valence-corrected chi connectivity index (χ0v) is 11.4. The lowest BCUT2D eigenvalue weighted by Crippen LogP contribution is -2.12. The van der Waals surface area contributed by atoms with E-state index in [4.69, 9.17) is 4.74 Å². The molecule has 0 heterocycles. The van der Waals surface area contributed by atoms with Crippen molar-refractivity contribution in [3.63, 3.8) is 0 Å². The molecule has 0 saturated carbocycles. The van der Waals surface area contributed by atoms with E-state index in [1.807, 2.05) is 6.07 Å². The Hall–Kier alpha value is -1.85. The van der Waals surface area contributed by atoms with Crippen molar-refractivity contribution in [3.8, 4) is 0 Å². The molecule has 100 valence electrons. The van der Waals surface area contributed by atoms with Gasteiger partial charge < -0.3 is 4.74 Å². The van der Waals surface area contributed by atoms with Crippen LogP contribution in [0.15, 0.2) is 59.5 Å². The highest BCUT2D eigenvalue weighted by atomic mass is 32.2. The van der Waals surface area contributed by atoms with E-state index in [9.17, 15) is 8.42 Å². The van der Waals surface area contributed by atoms with Crippen LogP contribution in [0.5, 0.6) is 0 Å². The van der Waals surface area contributed by atoms with Crippen LogP contribution in [-0.4, -0.2) is 15.5 Å². The lowest BCUT2D eigenvalue weighted by atomic mass is 10.2. The molecule has 0 unspecified atom stereocenters. The molecule has 0 spiro atoms. The summed E-state index contributed by atoms with van der Waals surface area (Å²) in [6, 6.07) is 15.4. The lowest BCUT2D eigenvalue weighted by Gasteiger charge is -2.09. The van der Waals surface area contributed by atoms with Gasteiger partial charge in [0.1, 0.15) is 0 Å².